The lowest BCUT2D eigenvalue weighted by Crippen LogP contribution is -2.02. The minimum absolute atomic E-state index is 0.138. The second-order valence-corrected chi connectivity index (χ2v) is 5.46. The molecule has 0 saturated carbocycles. The molecule has 2 aromatic rings. The van der Waals surface area contributed by atoms with Crippen LogP contribution in [-0.2, 0) is 12.8 Å². The van der Waals surface area contributed by atoms with Crippen molar-refractivity contribution in [2.24, 2.45) is 0 Å². The molecule has 1 atom stereocenters. The summed E-state index contributed by atoms with van der Waals surface area (Å²) >= 11 is 0. The number of fused-ring (bicyclic) bond motifs is 1. The zero-order valence-electron chi connectivity index (χ0n) is 11.8. The number of rotatable bonds is 3. The maximum Gasteiger partial charge on any atom is 0.123 e. The van der Waals surface area contributed by atoms with Gasteiger partial charge in [-0.2, -0.15) is 5.26 Å². The Bertz CT molecular complexity index is 648. The minimum Gasteiger partial charge on any atom is -0.341 e. The number of H-pyrrole nitrogens is 1. The number of nitrogens with one attached hydrogen (secondary N) is 1. The van der Waals surface area contributed by atoms with E-state index in [9.17, 15) is 0 Å². The quantitative estimate of drug-likeness (QED) is 0.912. The van der Waals surface area contributed by atoms with Gasteiger partial charge in [0.05, 0.1) is 18.0 Å². The summed E-state index contributed by atoms with van der Waals surface area (Å²) in [6, 6.07) is 8.97. The molecule has 3 rings (SSSR count). The van der Waals surface area contributed by atoms with Gasteiger partial charge >= 0.3 is 0 Å². The molecule has 1 heterocycles. The number of hydrogen-bond donors (Lipinski definition) is 1. The molecular weight excluding hydrogens is 246 g/mol. The molecular formula is C17H19N3. The standard InChI is InChI=1S/C17H19N3/c1-2-12(10-18)17-19-11-16(20-17)15-8-7-13-5-3-4-6-14(13)9-15/h7-9,11-12H,2-6H2,1H3,(H,19,20). The highest BCUT2D eigenvalue weighted by Crippen LogP contribution is 2.27. The molecule has 1 aliphatic rings. The van der Waals surface area contributed by atoms with Gasteiger partial charge < -0.3 is 4.98 Å². The van der Waals surface area contributed by atoms with Crippen LogP contribution >= 0.6 is 0 Å². The Morgan fingerprint density at radius 2 is 2.10 bits per heavy atom. The topological polar surface area (TPSA) is 52.5 Å². The van der Waals surface area contributed by atoms with Crippen LogP contribution in [0.4, 0.5) is 0 Å². The van der Waals surface area contributed by atoms with E-state index in [1.54, 1.807) is 0 Å². The molecule has 1 aliphatic carbocycles. The fraction of sp³-hybridized carbons (Fsp3) is 0.412. The first-order valence-corrected chi connectivity index (χ1v) is 7.38. The highest BCUT2D eigenvalue weighted by atomic mass is 14.9. The SMILES string of the molecule is CCC(C#N)c1ncc(-c2ccc3c(c2)CCCC3)[nH]1. The van der Waals surface area contributed by atoms with Gasteiger partial charge in [-0.1, -0.05) is 19.1 Å². The van der Waals surface area contributed by atoms with Gasteiger partial charge in [-0.3, -0.25) is 0 Å². The van der Waals surface area contributed by atoms with Gasteiger partial charge in [-0.05, 0) is 54.9 Å². The van der Waals surface area contributed by atoms with Gasteiger partial charge in [-0.25, -0.2) is 4.98 Å². The molecule has 102 valence electrons. The van der Waals surface area contributed by atoms with Gasteiger partial charge in [0.1, 0.15) is 11.7 Å². The number of hydrogen-bond acceptors (Lipinski definition) is 2. The van der Waals surface area contributed by atoms with Crippen molar-refractivity contribution in [2.75, 3.05) is 0 Å². The van der Waals surface area contributed by atoms with Gasteiger partial charge in [0.15, 0.2) is 0 Å². The minimum atomic E-state index is -0.138. The molecule has 1 aromatic heterocycles. The summed E-state index contributed by atoms with van der Waals surface area (Å²) in [7, 11) is 0. The predicted octanol–water partition coefficient (Wildman–Crippen LogP) is 3.97. The first kappa shape index (κ1) is 12.9. The summed E-state index contributed by atoms with van der Waals surface area (Å²) in [4.78, 5) is 7.67. The first-order valence-electron chi connectivity index (χ1n) is 7.38. The van der Waals surface area contributed by atoms with E-state index in [2.05, 4.69) is 34.2 Å². The van der Waals surface area contributed by atoms with Crippen LogP contribution in [-0.4, -0.2) is 9.97 Å². The summed E-state index contributed by atoms with van der Waals surface area (Å²) in [5, 5.41) is 9.11. The van der Waals surface area contributed by atoms with Crippen LogP contribution in [0.3, 0.4) is 0 Å². The number of aryl methyl sites for hydroxylation is 2. The molecule has 0 saturated heterocycles. The Kier molecular flexibility index (Phi) is 3.56. The molecule has 3 nitrogen and oxygen atoms in total. The Balaban J connectivity index is 1.92. The Morgan fingerprint density at radius 1 is 1.30 bits per heavy atom. The van der Waals surface area contributed by atoms with E-state index >= 15 is 0 Å². The first-order chi connectivity index (χ1) is 9.81. The maximum absolute atomic E-state index is 9.11. The number of nitrogens with zero attached hydrogens (tertiary/aromatic N) is 2. The summed E-state index contributed by atoms with van der Waals surface area (Å²) in [6.07, 6.45) is 7.61. The van der Waals surface area contributed by atoms with Gasteiger partial charge in [0.25, 0.3) is 0 Å². The third-order valence-corrected chi connectivity index (χ3v) is 4.15. The monoisotopic (exact) mass is 265 g/mol. The van der Waals surface area contributed by atoms with Crippen LogP contribution in [0.5, 0.6) is 0 Å². The van der Waals surface area contributed by atoms with E-state index < -0.39 is 0 Å². The van der Waals surface area contributed by atoms with Crippen LogP contribution in [0, 0.1) is 11.3 Å². The number of benzene rings is 1. The normalized spacial score (nSPS) is 15.4. The van der Waals surface area contributed by atoms with Crippen molar-refractivity contribution in [3.63, 3.8) is 0 Å². The molecule has 0 aliphatic heterocycles. The molecule has 3 heteroatoms. The van der Waals surface area contributed by atoms with Crippen molar-refractivity contribution in [2.45, 2.75) is 44.9 Å². The summed E-state index contributed by atoms with van der Waals surface area (Å²) in [5.41, 5.74) is 5.15. The average Bonchev–Trinajstić information content (AvgIpc) is 2.98. The number of aromatic amines is 1. The predicted molar refractivity (Wildman–Crippen MR) is 79.3 cm³/mol. The van der Waals surface area contributed by atoms with Crippen molar-refractivity contribution in [3.05, 3.63) is 41.3 Å². The molecule has 0 radical (unpaired) electrons. The summed E-state index contributed by atoms with van der Waals surface area (Å²) < 4.78 is 0. The fourth-order valence-electron chi connectivity index (χ4n) is 2.91. The van der Waals surface area contributed by atoms with E-state index in [0.29, 0.717) is 0 Å². The van der Waals surface area contributed by atoms with Crippen LogP contribution in [0.25, 0.3) is 11.3 Å². The van der Waals surface area contributed by atoms with Crippen LogP contribution < -0.4 is 0 Å². The molecule has 20 heavy (non-hydrogen) atoms. The number of aromatic nitrogens is 2. The van der Waals surface area contributed by atoms with Gasteiger partial charge in [0.2, 0.25) is 0 Å². The van der Waals surface area contributed by atoms with Crippen molar-refractivity contribution in [1.29, 1.82) is 5.26 Å². The molecule has 1 N–H and O–H groups in total. The smallest absolute Gasteiger partial charge is 0.123 e. The molecule has 0 amide bonds. The zero-order valence-corrected chi connectivity index (χ0v) is 11.8. The Hall–Kier alpha value is -2.08. The second-order valence-electron chi connectivity index (χ2n) is 5.46. The van der Waals surface area contributed by atoms with Crippen molar-refractivity contribution < 1.29 is 0 Å². The van der Waals surface area contributed by atoms with Gasteiger partial charge in [0, 0.05) is 0 Å². The lowest BCUT2D eigenvalue weighted by atomic mass is 9.90. The highest BCUT2D eigenvalue weighted by Gasteiger charge is 2.14. The van der Waals surface area contributed by atoms with E-state index in [1.807, 2.05) is 13.1 Å². The Labute approximate surface area is 119 Å². The highest BCUT2D eigenvalue weighted by molar-refractivity contribution is 5.61. The van der Waals surface area contributed by atoms with Crippen LogP contribution in [0.2, 0.25) is 0 Å². The third-order valence-electron chi connectivity index (χ3n) is 4.15. The average molecular weight is 265 g/mol. The Morgan fingerprint density at radius 3 is 2.85 bits per heavy atom. The van der Waals surface area contributed by atoms with Crippen LogP contribution in [0.1, 0.15) is 49.1 Å². The third kappa shape index (κ3) is 2.34. The molecule has 0 bridgehead atoms. The van der Waals surface area contributed by atoms with E-state index in [0.717, 1.165) is 17.9 Å². The second kappa shape index (κ2) is 5.50. The van der Waals surface area contributed by atoms with Gasteiger partial charge in [-0.15, -0.1) is 0 Å². The van der Waals surface area contributed by atoms with Crippen molar-refractivity contribution in [3.8, 4) is 17.3 Å². The van der Waals surface area contributed by atoms with E-state index in [1.165, 1.54) is 42.4 Å². The lowest BCUT2D eigenvalue weighted by molar-refractivity contribution is 0.686. The fourth-order valence-corrected chi connectivity index (χ4v) is 2.91. The van der Waals surface area contributed by atoms with Crippen molar-refractivity contribution >= 4 is 0 Å². The van der Waals surface area contributed by atoms with Crippen molar-refractivity contribution in [1.82, 2.24) is 9.97 Å². The maximum atomic E-state index is 9.11. The molecule has 0 fully saturated rings. The van der Waals surface area contributed by atoms with E-state index in [4.69, 9.17) is 5.26 Å². The van der Waals surface area contributed by atoms with Crippen LogP contribution in [0.15, 0.2) is 24.4 Å². The molecule has 0 spiro atoms. The lowest BCUT2D eigenvalue weighted by Gasteiger charge is -2.16. The zero-order chi connectivity index (χ0) is 13.9. The summed E-state index contributed by atoms with van der Waals surface area (Å²) in [5.74, 6) is 0.643. The van der Waals surface area contributed by atoms with E-state index in [-0.39, 0.29) is 5.92 Å². The summed E-state index contributed by atoms with van der Waals surface area (Å²) in [6.45, 7) is 2.01. The molecule has 1 unspecified atom stereocenters. The number of imidazole rings is 1. The largest absolute Gasteiger partial charge is 0.341 e. The molecule has 1 aromatic carbocycles. The number of nitriles is 1.